The lowest BCUT2D eigenvalue weighted by Crippen LogP contribution is -2.48. The van der Waals surface area contributed by atoms with Gasteiger partial charge in [0.1, 0.15) is 0 Å². The average Bonchev–Trinajstić information content (AvgIpc) is 2.34. The molecule has 0 spiro atoms. The molecule has 88 valence electrons. The van der Waals surface area contributed by atoms with Crippen molar-refractivity contribution in [1.82, 2.24) is 0 Å². The molecule has 0 aromatic rings. The first-order valence-electron chi connectivity index (χ1n) is 5.40. The lowest BCUT2D eigenvalue weighted by molar-refractivity contribution is 0.137. The average molecular weight is 233 g/mol. The van der Waals surface area contributed by atoms with Crippen molar-refractivity contribution in [3.63, 3.8) is 0 Å². The molecule has 5 heteroatoms. The summed E-state index contributed by atoms with van der Waals surface area (Å²) in [5, 5.41) is 0. The lowest BCUT2D eigenvalue weighted by Gasteiger charge is -2.40. The molecule has 4 nitrogen and oxygen atoms in total. The zero-order valence-corrected chi connectivity index (χ0v) is 10.0. The molecule has 0 aromatic heterocycles. The van der Waals surface area contributed by atoms with E-state index in [1.54, 1.807) is 0 Å². The molecule has 3 atom stereocenters. The number of fused-ring (bicyclic) bond motifs is 2. The van der Waals surface area contributed by atoms with Crippen molar-refractivity contribution in [2.75, 3.05) is 5.75 Å². The van der Waals surface area contributed by atoms with E-state index < -0.39 is 15.5 Å². The predicted molar refractivity (Wildman–Crippen MR) is 57.9 cm³/mol. The van der Waals surface area contributed by atoms with Crippen LogP contribution in [0.1, 0.15) is 33.1 Å². The summed E-state index contributed by atoms with van der Waals surface area (Å²) in [7, 11) is -3.94. The van der Waals surface area contributed by atoms with Crippen LogP contribution in [0, 0.1) is 16.7 Å². The van der Waals surface area contributed by atoms with Crippen LogP contribution in [0.3, 0.4) is 0 Å². The molecule has 0 amide bonds. The Balaban J connectivity index is 2.40. The highest BCUT2D eigenvalue weighted by Gasteiger charge is 2.64. The zero-order chi connectivity index (χ0) is 11.5. The first-order valence-corrected chi connectivity index (χ1v) is 7.01. The van der Waals surface area contributed by atoms with Gasteiger partial charge in [-0.1, -0.05) is 13.8 Å². The lowest BCUT2D eigenvalue weighted by atomic mass is 9.69. The predicted octanol–water partition coefficient (Wildman–Crippen LogP) is 1.03. The van der Waals surface area contributed by atoms with Gasteiger partial charge in [-0.3, -0.25) is 4.55 Å². The number of nitrogens with two attached hydrogens (primary N) is 1. The van der Waals surface area contributed by atoms with Crippen molar-refractivity contribution < 1.29 is 13.0 Å². The summed E-state index contributed by atoms with van der Waals surface area (Å²) in [6.07, 6.45) is 2.75. The summed E-state index contributed by atoms with van der Waals surface area (Å²) in [4.78, 5) is 0. The van der Waals surface area contributed by atoms with Crippen LogP contribution in [0.2, 0.25) is 0 Å². The van der Waals surface area contributed by atoms with Gasteiger partial charge in [-0.25, -0.2) is 0 Å². The molecule has 2 fully saturated rings. The highest BCUT2D eigenvalue weighted by molar-refractivity contribution is 7.85. The monoisotopic (exact) mass is 233 g/mol. The Kier molecular flexibility index (Phi) is 2.24. The molecule has 2 saturated carbocycles. The highest BCUT2D eigenvalue weighted by atomic mass is 32.2. The van der Waals surface area contributed by atoms with Gasteiger partial charge in [-0.15, -0.1) is 0 Å². The zero-order valence-electron chi connectivity index (χ0n) is 9.23. The van der Waals surface area contributed by atoms with Gasteiger partial charge in [0.2, 0.25) is 0 Å². The van der Waals surface area contributed by atoms with Crippen LogP contribution in [0.4, 0.5) is 0 Å². The topological polar surface area (TPSA) is 80.4 Å². The summed E-state index contributed by atoms with van der Waals surface area (Å²) in [6, 6.07) is -0.0897. The Morgan fingerprint density at radius 1 is 1.47 bits per heavy atom. The summed E-state index contributed by atoms with van der Waals surface area (Å²) < 4.78 is 31.3. The molecular weight excluding hydrogens is 214 g/mol. The molecule has 2 rings (SSSR count). The number of hydrogen-bond donors (Lipinski definition) is 2. The minimum atomic E-state index is -3.94. The molecule has 0 heterocycles. The summed E-state index contributed by atoms with van der Waals surface area (Å²) in [5.41, 5.74) is 5.58. The molecule has 2 bridgehead atoms. The van der Waals surface area contributed by atoms with Gasteiger partial charge >= 0.3 is 0 Å². The van der Waals surface area contributed by atoms with Gasteiger partial charge in [-0.2, -0.15) is 8.42 Å². The van der Waals surface area contributed by atoms with Crippen LogP contribution in [0.15, 0.2) is 0 Å². The SMILES string of the molecule is CC1(C)C2CC[C@@]1(CS(=O)(=O)O)[C@H](N)C2. The molecule has 0 aliphatic heterocycles. The Labute approximate surface area is 91.0 Å². The minimum absolute atomic E-state index is 0.0672. The molecule has 3 N–H and O–H groups in total. The van der Waals surface area contributed by atoms with Gasteiger partial charge < -0.3 is 5.73 Å². The van der Waals surface area contributed by atoms with E-state index in [0.717, 1.165) is 19.3 Å². The molecule has 0 aromatic carbocycles. The largest absolute Gasteiger partial charge is 0.327 e. The van der Waals surface area contributed by atoms with E-state index in [9.17, 15) is 8.42 Å². The van der Waals surface area contributed by atoms with E-state index in [4.69, 9.17) is 10.3 Å². The minimum Gasteiger partial charge on any atom is -0.327 e. The molecule has 2 aliphatic carbocycles. The molecular formula is C10H19NO3S. The normalized spacial score (nSPS) is 43.5. The van der Waals surface area contributed by atoms with Crippen LogP contribution in [-0.4, -0.2) is 24.8 Å². The fourth-order valence-corrected chi connectivity index (χ4v) is 5.20. The molecule has 0 radical (unpaired) electrons. The van der Waals surface area contributed by atoms with E-state index in [1.807, 2.05) is 0 Å². The van der Waals surface area contributed by atoms with Crippen molar-refractivity contribution in [3.05, 3.63) is 0 Å². The fourth-order valence-electron chi connectivity index (χ4n) is 3.82. The Bertz CT molecular complexity index is 376. The summed E-state index contributed by atoms with van der Waals surface area (Å²) in [6.45, 7) is 4.17. The second-order valence-electron chi connectivity index (χ2n) is 5.68. The Morgan fingerprint density at radius 3 is 2.40 bits per heavy atom. The van der Waals surface area contributed by atoms with Gasteiger partial charge in [0.25, 0.3) is 10.1 Å². The van der Waals surface area contributed by atoms with Crippen LogP contribution in [0.25, 0.3) is 0 Å². The van der Waals surface area contributed by atoms with E-state index in [2.05, 4.69) is 13.8 Å². The quantitative estimate of drug-likeness (QED) is 0.698. The van der Waals surface area contributed by atoms with Crippen LogP contribution >= 0.6 is 0 Å². The molecule has 0 saturated heterocycles. The molecule has 2 aliphatic rings. The van der Waals surface area contributed by atoms with Crippen LogP contribution in [0.5, 0.6) is 0 Å². The Morgan fingerprint density at radius 2 is 2.07 bits per heavy atom. The van der Waals surface area contributed by atoms with Gasteiger partial charge in [-0.05, 0) is 30.6 Å². The van der Waals surface area contributed by atoms with E-state index in [-0.39, 0.29) is 17.2 Å². The third-order valence-electron chi connectivity index (χ3n) is 4.93. The summed E-state index contributed by atoms with van der Waals surface area (Å²) >= 11 is 0. The highest BCUT2D eigenvalue weighted by Crippen LogP contribution is 2.65. The second-order valence-corrected chi connectivity index (χ2v) is 7.13. The summed E-state index contributed by atoms with van der Waals surface area (Å²) in [5.74, 6) is 0.333. The molecule has 15 heavy (non-hydrogen) atoms. The third-order valence-corrected chi connectivity index (χ3v) is 5.81. The smallest absolute Gasteiger partial charge is 0.265 e. The maximum atomic E-state index is 11.1. The van der Waals surface area contributed by atoms with E-state index >= 15 is 0 Å². The van der Waals surface area contributed by atoms with Gasteiger partial charge in [0.15, 0.2) is 0 Å². The first-order chi connectivity index (χ1) is 6.69. The van der Waals surface area contributed by atoms with Crippen LogP contribution < -0.4 is 5.73 Å². The van der Waals surface area contributed by atoms with Crippen molar-refractivity contribution in [2.45, 2.75) is 39.2 Å². The standard InChI is InChI=1S/C10H19NO3S/c1-9(2)7-3-4-10(9,8(11)5-7)6-15(12,13)14/h7-8H,3-6,11H2,1-2H3,(H,12,13,14)/t7?,8-,10-/m1/s1. The van der Waals surface area contributed by atoms with E-state index in [1.165, 1.54) is 0 Å². The first kappa shape index (κ1) is 11.4. The van der Waals surface area contributed by atoms with Gasteiger partial charge in [0, 0.05) is 11.5 Å². The van der Waals surface area contributed by atoms with Crippen molar-refractivity contribution >= 4 is 10.1 Å². The second kappa shape index (κ2) is 2.96. The van der Waals surface area contributed by atoms with Crippen molar-refractivity contribution in [1.29, 1.82) is 0 Å². The van der Waals surface area contributed by atoms with E-state index in [0.29, 0.717) is 5.92 Å². The maximum absolute atomic E-state index is 11.1. The maximum Gasteiger partial charge on any atom is 0.265 e. The number of rotatable bonds is 2. The van der Waals surface area contributed by atoms with Gasteiger partial charge in [0.05, 0.1) is 5.75 Å². The Hall–Kier alpha value is -0.130. The molecule has 1 unspecified atom stereocenters. The third kappa shape index (κ3) is 1.44. The number of hydrogen-bond acceptors (Lipinski definition) is 3. The van der Waals surface area contributed by atoms with Crippen LogP contribution in [-0.2, 0) is 10.1 Å². The fraction of sp³-hybridized carbons (Fsp3) is 1.00. The van der Waals surface area contributed by atoms with Crippen molar-refractivity contribution in [2.24, 2.45) is 22.5 Å². The van der Waals surface area contributed by atoms with Crippen molar-refractivity contribution in [3.8, 4) is 0 Å².